The molecule has 0 saturated heterocycles. The standard InChI is InChI=1S/C31H33ClFN3O4/c1-5-9-23-16-21(17-27(39-6-2)29(23)40-19-24-10-7-8-11-26(24)32)18-34-36-31(38)28(20(3)4)35-30(37)22-12-14-25(33)15-13-22/h5,7-8,10-18,20,28H,1,6,9,19H2,2-4H3,(H,35,37)(H,36,38)/b34-18+. The smallest absolute Gasteiger partial charge is 0.262 e. The number of amides is 2. The number of hydrogen-bond donors (Lipinski definition) is 2. The minimum Gasteiger partial charge on any atom is -0.490 e. The Hall–Kier alpha value is -4.17. The molecule has 0 aliphatic rings. The van der Waals surface area contributed by atoms with Crippen LogP contribution in [0.3, 0.4) is 0 Å². The predicted octanol–water partition coefficient (Wildman–Crippen LogP) is 6.09. The number of allylic oxidation sites excluding steroid dienone is 1. The lowest BCUT2D eigenvalue weighted by molar-refractivity contribution is -0.123. The number of hydrazone groups is 1. The van der Waals surface area contributed by atoms with Gasteiger partial charge in [0.05, 0.1) is 12.8 Å². The third-order valence-corrected chi connectivity index (χ3v) is 6.25. The van der Waals surface area contributed by atoms with Crippen LogP contribution < -0.4 is 20.2 Å². The first-order valence-electron chi connectivity index (χ1n) is 12.9. The van der Waals surface area contributed by atoms with Crippen molar-refractivity contribution in [3.63, 3.8) is 0 Å². The minimum atomic E-state index is -0.856. The largest absolute Gasteiger partial charge is 0.490 e. The first-order chi connectivity index (χ1) is 19.2. The van der Waals surface area contributed by atoms with Gasteiger partial charge in [0.1, 0.15) is 18.5 Å². The van der Waals surface area contributed by atoms with Crippen LogP contribution in [0.4, 0.5) is 4.39 Å². The van der Waals surface area contributed by atoms with Crippen molar-refractivity contribution in [2.24, 2.45) is 11.0 Å². The van der Waals surface area contributed by atoms with Gasteiger partial charge in [-0.3, -0.25) is 9.59 Å². The lowest BCUT2D eigenvalue weighted by Crippen LogP contribution is -2.48. The van der Waals surface area contributed by atoms with Crippen LogP contribution in [0.25, 0.3) is 0 Å². The van der Waals surface area contributed by atoms with Gasteiger partial charge in [-0.15, -0.1) is 6.58 Å². The first-order valence-corrected chi connectivity index (χ1v) is 13.3. The number of carbonyl (C=O) groups is 2. The van der Waals surface area contributed by atoms with Crippen LogP contribution in [-0.4, -0.2) is 30.7 Å². The highest BCUT2D eigenvalue weighted by Crippen LogP contribution is 2.34. The summed E-state index contributed by atoms with van der Waals surface area (Å²) in [5, 5.41) is 7.41. The second-order valence-electron chi connectivity index (χ2n) is 9.25. The van der Waals surface area contributed by atoms with E-state index in [9.17, 15) is 14.0 Å². The van der Waals surface area contributed by atoms with Crippen LogP contribution in [0.1, 0.15) is 47.8 Å². The lowest BCUT2D eigenvalue weighted by Gasteiger charge is -2.20. The molecule has 3 rings (SSSR count). The first kappa shape index (κ1) is 30.4. The number of hydrogen-bond acceptors (Lipinski definition) is 5. The van der Waals surface area contributed by atoms with Gasteiger partial charge in [-0.2, -0.15) is 5.10 Å². The average molecular weight is 566 g/mol. The van der Waals surface area contributed by atoms with Gasteiger partial charge in [0.25, 0.3) is 11.8 Å². The van der Waals surface area contributed by atoms with Gasteiger partial charge in [-0.1, -0.05) is 49.7 Å². The molecule has 1 atom stereocenters. The summed E-state index contributed by atoms with van der Waals surface area (Å²) in [6.07, 6.45) is 3.76. The summed E-state index contributed by atoms with van der Waals surface area (Å²) < 4.78 is 25.2. The maximum absolute atomic E-state index is 13.2. The Balaban J connectivity index is 1.76. The number of nitrogens with one attached hydrogen (secondary N) is 2. The van der Waals surface area contributed by atoms with Crippen molar-refractivity contribution >= 4 is 29.6 Å². The summed E-state index contributed by atoms with van der Waals surface area (Å²) in [5.74, 6) is -0.552. The van der Waals surface area contributed by atoms with Gasteiger partial charge >= 0.3 is 0 Å². The molecule has 3 aromatic carbocycles. The van der Waals surface area contributed by atoms with Crippen molar-refractivity contribution in [3.05, 3.63) is 106 Å². The van der Waals surface area contributed by atoms with Crippen LogP contribution in [0.5, 0.6) is 11.5 Å². The Labute approximate surface area is 239 Å². The van der Waals surface area contributed by atoms with Crippen LogP contribution in [0.15, 0.2) is 78.4 Å². The third-order valence-electron chi connectivity index (χ3n) is 5.88. The highest BCUT2D eigenvalue weighted by Gasteiger charge is 2.24. The maximum Gasteiger partial charge on any atom is 0.262 e. The molecule has 0 aliphatic carbocycles. The zero-order valence-corrected chi connectivity index (χ0v) is 23.5. The summed E-state index contributed by atoms with van der Waals surface area (Å²) in [6, 6.07) is 15.3. The van der Waals surface area contributed by atoms with E-state index in [0.717, 1.165) is 11.1 Å². The molecule has 40 heavy (non-hydrogen) atoms. The number of rotatable bonds is 13. The van der Waals surface area contributed by atoms with Gasteiger partial charge in [-0.25, -0.2) is 9.82 Å². The van der Waals surface area contributed by atoms with Crippen molar-refractivity contribution < 1.29 is 23.5 Å². The number of carbonyl (C=O) groups excluding carboxylic acids is 2. The molecule has 0 bridgehead atoms. The maximum atomic E-state index is 13.2. The topological polar surface area (TPSA) is 89.0 Å². The van der Waals surface area contributed by atoms with Crippen molar-refractivity contribution in [1.29, 1.82) is 0 Å². The van der Waals surface area contributed by atoms with E-state index < -0.39 is 23.7 Å². The number of halogens is 2. The summed E-state index contributed by atoms with van der Waals surface area (Å²) in [5.41, 5.74) is 5.08. The second-order valence-corrected chi connectivity index (χ2v) is 9.66. The summed E-state index contributed by atoms with van der Waals surface area (Å²) >= 11 is 6.29. The van der Waals surface area contributed by atoms with E-state index in [1.54, 1.807) is 32.1 Å². The van der Waals surface area contributed by atoms with E-state index in [4.69, 9.17) is 21.1 Å². The molecular weight excluding hydrogens is 533 g/mol. The highest BCUT2D eigenvalue weighted by atomic mass is 35.5. The molecule has 3 aromatic rings. The highest BCUT2D eigenvalue weighted by molar-refractivity contribution is 6.31. The Bertz CT molecular complexity index is 1360. The molecule has 2 amide bonds. The van der Waals surface area contributed by atoms with Crippen LogP contribution in [0.2, 0.25) is 5.02 Å². The Morgan fingerprint density at radius 3 is 2.45 bits per heavy atom. The monoisotopic (exact) mass is 565 g/mol. The van der Waals surface area contributed by atoms with E-state index in [-0.39, 0.29) is 18.1 Å². The van der Waals surface area contributed by atoms with Gasteiger partial charge < -0.3 is 14.8 Å². The fraction of sp³-hybridized carbons (Fsp3) is 0.258. The minimum absolute atomic E-state index is 0.224. The van der Waals surface area contributed by atoms with Crippen molar-refractivity contribution in [3.8, 4) is 11.5 Å². The average Bonchev–Trinajstić information content (AvgIpc) is 2.92. The SMILES string of the molecule is C=CCc1cc(/C=N/NC(=O)C(NC(=O)c2ccc(F)cc2)C(C)C)cc(OCC)c1OCc1ccccc1Cl. The fourth-order valence-electron chi connectivity index (χ4n) is 3.86. The van der Waals surface area contributed by atoms with Crippen molar-refractivity contribution in [1.82, 2.24) is 10.7 Å². The van der Waals surface area contributed by atoms with Gasteiger partial charge in [0.15, 0.2) is 11.5 Å². The molecular formula is C31H33ClFN3O4. The van der Waals surface area contributed by atoms with Gasteiger partial charge in [-0.05, 0) is 67.3 Å². The predicted molar refractivity (Wildman–Crippen MR) is 156 cm³/mol. The zero-order valence-electron chi connectivity index (χ0n) is 22.7. The fourth-order valence-corrected chi connectivity index (χ4v) is 4.05. The Morgan fingerprint density at radius 2 is 1.80 bits per heavy atom. The van der Waals surface area contributed by atoms with Crippen molar-refractivity contribution in [2.45, 2.75) is 39.8 Å². The quantitative estimate of drug-likeness (QED) is 0.149. The molecule has 2 N–H and O–H groups in total. The summed E-state index contributed by atoms with van der Waals surface area (Å²) in [7, 11) is 0. The van der Waals surface area contributed by atoms with Gasteiger partial charge in [0, 0.05) is 21.7 Å². The van der Waals surface area contributed by atoms with E-state index >= 15 is 0 Å². The zero-order chi connectivity index (χ0) is 29.1. The molecule has 9 heteroatoms. The Morgan fingerprint density at radius 1 is 1.07 bits per heavy atom. The number of ether oxygens (including phenoxy) is 2. The lowest BCUT2D eigenvalue weighted by atomic mass is 10.0. The molecule has 210 valence electrons. The van der Waals surface area contributed by atoms with E-state index in [1.807, 2.05) is 31.2 Å². The number of nitrogens with zero attached hydrogens (tertiary/aromatic N) is 1. The molecule has 0 radical (unpaired) electrons. The van der Waals surface area contributed by atoms with E-state index in [1.165, 1.54) is 30.5 Å². The normalized spacial score (nSPS) is 11.8. The Kier molecular flexibility index (Phi) is 11.3. The van der Waals surface area contributed by atoms with Crippen LogP contribution in [-0.2, 0) is 17.8 Å². The second kappa shape index (κ2) is 14.8. The molecule has 1 unspecified atom stereocenters. The van der Waals surface area contributed by atoms with E-state index in [0.29, 0.717) is 35.1 Å². The molecule has 0 heterocycles. The molecule has 7 nitrogen and oxygen atoms in total. The molecule has 0 aliphatic heterocycles. The third kappa shape index (κ3) is 8.41. The van der Waals surface area contributed by atoms with Crippen molar-refractivity contribution in [2.75, 3.05) is 6.61 Å². The number of benzene rings is 3. The molecule has 0 spiro atoms. The molecule has 0 fully saturated rings. The summed E-state index contributed by atoms with van der Waals surface area (Å²) in [6.45, 7) is 9.99. The molecule has 0 aromatic heterocycles. The van der Waals surface area contributed by atoms with Crippen LogP contribution in [0, 0.1) is 11.7 Å². The molecule has 0 saturated carbocycles. The summed E-state index contributed by atoms with van der Waals surface area (Å²) in [4.78, 5) is 25.4. The van der Waals surface area contributed by atoms with Crippen LogP contribution >= 0.6 is 11.6 Å². The van der Waals surface area contributed by atoms with E-state index in [2.05, 4.69) is 22.4 Å². The van der Waals surface area contributed by atoms with Gasteiger partial charge in [0.2, 0.25) is 0 Å².